The molecule has 1 amide bonds. The average Bonchev–Trinajstić information content (AvgIpc) is 2.51. The summed E-state index contributed by atoms with van der Waals surface area (Å²) in [5.74, 6) is -1.06. The van der Waals surface area contributed by atoms with Gasteiger partial charge in [0.05, 0.1) is 0 Å². The molecule has 0 fully saturated rings. The molecule has 5 nitrogen and oxygen atoms in total. The lowest BCUT2D eigenvalue weighted by molar-refractivity contribution is -0.139. The molecule has 25 heavy (non-hydrogen) atoms. The molecular formula is C20H31NO4. The van der Waals surface area contributed by atoms with Gasteiger partial charge >= 0.3 is 12.1 Å². The molecule has 1 rings (SSSR count). The van der Waals surface area contributed by atoms with E-state index in [4.69, 9.17) is 4.74 Å². The summed E-state index contributed by atoms with van der Waals surface area (Å²) in [4.78, 5) is 23.6. The van der Waals surface area contributed by atoms with Crippen LogP contribution in [0.1, 0.15) is 63.8 Å². The third-order valence-electron chi connectivity index (χ3n) is 4.06. The van der Waals surface area contributed by atoms with Crippen LogP contribution in [0.4, 0.5) is 4.79 Å². The Hall–Kier alpha value is -2.04. The van der Waals surface area contributed by atoms with Gasteiger partial charge in [-0.3, -0.25) is 0 Å². The van der Waals surface area contributed by atoms with Gasteiger partial charge in [-0.1, -0.05) is 32.9 Å². The van der Waals surface area contributed by atoms with Crippen molar-refractivity contribution in [3.63, 3.8) is 0 Å². The van der Waals surface area contributed by atoms with Crippen LogP contribution < -0.4 is 5.32 Å². The fourth-order valence-electron chi connectivity index (χ4n) is 2.82. The van der Waals surface area contributed by atoms with E-state index in [1.807, 2.05) is 0 Å². The Bertz CT molecular complexity index is 592. The van der Waals surface area contributed by atoms with Crippen LogP contribution >= 0.6 is 0 Å². The lowest BCUT2D eigenvalue weighted by Crippen LogP contribution is -2.45. The molecule has 0 aliphatic carbocycles. The summed E-state index contributed by atoms with van der Waals surface area (Å²) in [5.41, 5.74) is 3.90. The number of carbonyl (C=O) groups is 2. The monoisotopic (exact) mass is 349 g/mol. The fourth-order valence-corrected chi connectivity index (χ4v) is 2.82. The van der Waals surface area contributed by atoms with Crippen LogP contribution in [0.25, 0.3) is 0 Å². The molecule has 0 heterocycles. The zero-order valence-corrected chi connectivity index (χ0v) is 16.2. The molecule has 140 valence electrons. The van der Waals surface area contributed by atoms with Gasteiger partial charge in [0, 0.05) is 6.42 Å². The molecule has 0 aliphatic heterocycles. The summed E-state index contributed by atoms with van der Waals surface area (Å²) < 4.78 is 5.19. The minimum atomic E-state index is -1.06. The SMILES string of the molecule is CCc1cc(CC)c(CC(NC(=O)OC(C)(C)C)C(=O)O)c(CC)c1. The second-order valence-electron chi connectivity index (χ2n) is 7.19. The van der Waals surface area contributed by atoms with E-state index in [1.165, 1.54) is 5.56 Å². The van der Waals surface area contributed by atoms with Gasteiger partial charge in [0.15, 0.2) is 0 Å². The number of carboxylic acids is 1. The van der Waals surface area contributed by atoms with Crippen molar-refractivity contribution in [3.8, 4) is 0 Å². The van der Waals surface area contributed by atoms with Crippen molar-refractivity contribution < 1.29 is 19.4 Å². The number of carboxylic acid groups (broad SMARTS) is 1. The molecule has 0 saturated carbocycles. The second-order valence-corrected chi connectivity index (χ2v) is 7.19. The highest BCUT2D eigenvalue weighted by atomic mass is 16.6. The molecule has 5 heteroatoms. The largest absolute Gasteiger partial charge is 0.480 e. The quantitative estimate of drug-likeness (QED) is 0.783. The first-order valence-corrected chi connectivity index (χ1v) is 8.97. The number of aliphatic carboxylic acids is 1. The van der Waals surface area contributed by atoms with Crippen LogP contribution in [0.15, 0.2) is 12.1 Å². The van der Waals surface area contributed by atoms with E-state index in [9.17, 15) is 14.7 Å². The average molecular weight is 349 g/mol. The number of rotatable bonds is 7. The molecule has 2 N–H and O–H groups in total. The Morgan fingerprint density at radius 3 is 1.96 bits per heavy atom. The van der Waals surface area contributed by atoms with Crippen LogP contribution in [0.5, 0.6) is 0 Å². The third-order valence-corrected chi connectivity index (χ3v) is 4.06. The number of aryl methyl sites for hydroxylation is 3. The molecule has 0 aromatic heterocycles. The van der Waals surface area contributed by atoms with Gasteiger partial charge in [0.25, 0.3) is 0 Å². The van der Waals surface area contributed by atoms with Gasteiger partial charge in [-0.15, -0.1) is 0 Å². The van der Waals surface area contributed by atoms with Gasteiger partial charge in [-0.2, -0.15) is 0 Å². The smallest absolute Gasteiger partial charge is 0.408 e. The maximum atomic E-state index is 12.0. The molecule has 0 bridgehead atoms. The fraction of sp³-hybridized carbons (Fsp3) is 0.600. The Morgan fingerprint density at radius 1 is 1.08 bits per heavy atom. The number of carbonyl (C=O) groups excluding carboxylic acids is 1. The number of hydrogen-bond acceptors (Lipinski definition) is 3. The van der Waals surface area contributed by atoms with Crippen molar-refractivity contribution in [2.75, 3.05) is 0 Å². The Morgan fingerprint density at radius 2 is 1.60 bits per heavy atom. The van der Waals surface area contributed by atoms with Crippen molar-refractivity contribution >= 4 is 12.1 Å². The maximum Gasteiger partial charge on any atom is 0.408 e. The first-order chi connectivity index (χ1) is 11.6. The summed E-state index contributed by atoms with van der Waals surface area (Å²) in [5, 5.41) is 12.0. The van der Waals surface area contributed by atoms with Crippen molar-refractivity contribution in [3.05, 3.63) is 34.4 Å². The number of amides is 1. The highest BCUT2D eigenvalue weighted by molar-refractivity contribution is 5.80. The lowest BCUT2D eigenvalue weighted by atomic mass is 9.90. The van der Waals surface area contributed by atoms with E-state index in [0.29, 0.717) is 0 Å². The first-order valence-electron chi connectivity index (χ1n) is 8.97. The number of hydrogen-bond donors (Lipinski definition) is 2. The van der Waals surface area contributed by atoms with Crippen LogP contribution in [-0.4, -0.2) is 28.8 Å². The summed E-state index contributed by atoms with van der Waals surface area (Å²) in [6, 6.07) is 3.26. The van der Waals surface area contributed by atoms with Gasteiger partial charge in [0.1, 0.15) is 11.6 Å². The Balaban J connectivity index is 3.09. The van der Waals surface area contributed by atoms with Gasteiger partial charge < -0.3 is 15.2 Å². The molecule has 0 saturated heterocycles. The van der Waals surface area contributed by atoms with Crippen molar-refractivity contribution in [1.29, 1.82) is 0 Å². The van der Waals surface area contributed by atoms with Crippen LogP contribution in [-0.2, 0) is 35.2 Å². The second kappa shape index (κ2) is 8.88. The molecule has 0 aliphatic rings. The lowest BCUT2D eigenvalue weighted by Gasteiger charge is -2.23. The molecule has 1 unspecified atom stereocenters. The normalized spacial score (nSPS) is 12.6. The predicted molar refractivity (Wildman–Crippen MR) is 99.1 cm³/mol. The van der Waals surface area contributed by atoms with E-state index in [1.54, 1.807) is 20.8 Å². The van der Waals surface area contributed by atoms with Crippen LogP contribution in [0.2, 0.25) is 0 Å². The molecule has 0 radical (unpaired) electrons. The predicted octanol–water partition coefficient (Wildman–Crippen LogP) is 3.89. The molecule has 1 aromatic carbocycles. The molecule has 1 aromatic rings. The van der Waals surface area contributed by atoms with Crippen LogP contribution in [0, 0.1) is 0 Å². The Kier molecular flexibility index (Phi) is 7.46. The molecule has 0 spiro atoms. The molecule has 1 atom stereocenters. The van der Waals surface area contributed by atoms with Crippen molar-refractivity contribution in [2.24, 2.45) is 0 Å². The van der Waals surface area contributed by atoms with Crippen LogP contribution in [0.3, 0.4) is 0 Å². The summed E-state index contributed by atoms with van der Waals surface area (Å²) >= 11 is 0. The van der Waals surface area contributed by atoms with Crippen molar-refractivity contribution in [2.45, 2.75) is 78.9 Å². The van der Waals surface area contributed by atoms with Gasteiger partial charge in [-0.25, -0.2) is 9.59 Å². The van der Waals surface area contributed by atoms with E-state index < -0.39 is 23.7 Å². The van der Waals surface area contributed by atoms with E-state index in [2.05, 4.69) is 38.2 Å². The Labute approximate surface area is 150 Å². The number of alkyl carbamates (subject to hydrolysis) is 1. The van der Waals surface area contributed by atoms with Gasteiger partial charge in [0.2, 0.25) is 0 Å². The zero-order chi connectivity index (χ0) is 19.2. The van der Waals surface area contributed by atoms with E-state index in [0.717, 1.165) is 36.0 Å². The third kappa shape index (κ3) is 6.40. The minimum absolute atomic E-state index is 0.255. The number of benzene rings is 1. The first kappa shape index (κ1) is 21.0. The standard InChI is InChI=1S/C20H31NO4/c1-7-13-10-14(8-2)16(15(9-3)11-13)12-17(18(22)23)21-19(24)25-20(4,5)6/h10-11,17H,7-9,12H2,1-6H3,(H,21,24)(H,22,23). The minimum Gasteiger partial charge on any atom is -0.480 e. The zero-order valence-electron chi connectivity index (χ0n) is 16.2. The topological polar surface area (TPSA) is 75.6 Å². The van der Waals surface area contributed by atoms with Crippen molar-refractivity contribution in [1.82, 2.24) is 5.32 Å². The van der Waals surface area contributed by atoms with Gasteiger partial charge in [-0.05, 0) is 62.3 Å². The molecular weight excluding hydrogens is 318 g/mol. The van der Waals surface area contributed by atoms with E-state index in [-0.39, 0.29) is 6.42 Å². The number of ether oxygens (including phenoxy) is 1. The summed E-state index contributed by atoms with van der Waals surface area (Å²) in [6.07, 6.45) is 2.15. The summed E-state index contributed by atoms with van der Waals surface area (Å²) in [6.45, 7) is 11.5. The highest BCUT2D eigenvalue weighted by Gasteiger charge is 2.25. The van der Waals surface area contributed by atoms with E-state index >= 15 is 0 Å². The maximum absolute atomic E-state index is 12.0. The summed E-state index contributed by atoms with van der Waals surface area (Å²) in [7, 11) is 0. The highest BCUT2D eigenvalue weighted by Crippen LogP contribution is 2.22. The number of nitrogens with one attached hydrogen (secondary N) is 1.